The molecule has 0 saturated heterocycles. The third-order valence-corrected chi connectivity index (χ3v) is 4.32. The van der Waals surface area contributed by atoms with Crippen molar-refractivity contribution >= 4 is 22.9 Å². The second-order valence-electron chi connectivity index (χ2n) is 4.90. The van der Waals surface area contributed by atoms with Crippen LogP contribution < -0.4 is 10.8 Å². The second kappa shape index (κ2) is 9.50. The minimum atomic E-state index is -0.486. The molecule has 5 heteroatoms. The van der Waals surface area contributed by atoms with Crippen LogP contribution in [0.3, 0.4) is 0 Å². The average molecular weight is 340 g/mol. The first-order valence-electron chi connectivity index (χ1n) is 7.57. The first kappa shape index (κ1) is 17.7. The Kier molecular flexibility index (Phi) is 7.01. The number of nitrogens with one attached hydrogen (secondary N) is 2. The second-order valence-corrected chi connectivity index (χ2v) is 5.99. The summed E-state index contributed by atoms with van der Waals surface area (Å²) in [5.74, 6) is -0.486. The zero-order valence-electron chi connectivity index (χ0n) is 13.4. The Morgan fingerprint density at radius 2 is 1.83 bits per heavy atom. The molecule has 0 saturated carbocycles. The number of anilines is 1. The van der Waals surface area contributed by atoms with Gasteiger partial charge in [0.25, 0.3) is 5.91 Å². The highest BCUT2D eigenvalue weighted by Gasteiger charge is 2.09. The highest BCUT2D eigenvalue weighted by Crippen LogP contribution is 2.28. The number of thiophene rings is 1. The number of amides is 1. The van der Waals surface area contributed by atoms with E-state index in [0.29, 0.717) is 4.88 Å². The third kappa shape index (κ3) is 5.22. The molecule has 0 unspecified atom stereocenters. The summed E-state index contributed by atoms with van der Waals surface area (Å²) in [6, 6.07) is 11.6. The van der Waals surface area contributed by atoms with Crippen LogP contribution in [0.15, 0.2) is 72.9 Å². The van der Waals surface area contributed by atoms with Crippen molar-refractivity contribution in [2.24, 2.45) is 0 Å². The summed E-state index contributed by atoms with van der Waals surface area (Å²) < 4.78 is 0. The topological polar surface area (TPSA) is 61.4 Å². The normalized spacial score (nSPS) is 11.6. The number of rotatable bonds is 7. The summed E-state index contributed by atoms with van der Waals surface area (Å²) in [6.07, 6.45) is 12.0. The van der Waals surface area contributed by atoms with E-state index in [-0.39, 0.29) is 0 Å². The van der Waals surface area contributed by atoms with Gasteiger partial charge in [-0.05, 0) is 36.8 Å². The Labute approximate surface area is 145 Å². The number of allylic oxidation sites excluding steroid dienone is 5. The van der Waals surface area contributed by atoms with Crippen LogP contribution in [0.1, 0.15) is 16.6 Å². The lowest BCUT2D eigenvalue weighted by Gasteiger charge is -2.04. The van der Waals surface area contributed by atoms with Crippen LogP contribution in [0.4, 0.5) is 5.69 Å². The van der Waals surface area contributed by atoms with Crippen LogP contribution in [0.5, 0.6) is 0 Å². The van der Waals surface area contributed by atoms with E-state index in [1.807, 2.05) is 73.7 Å². The maximum absolute atomic E-state index is 11.4. The first-order chi connectivity index (χ1) is 11.7. The van der Waals surface area contributed by atoms with Crippen LogP contribution in [-0.2, 0) is 0 Å². The zero-order valence-corrected chi connectivity index (χ0v) is 14.2. The van der Waals surface area contributed by atoms with E-state index in [2.05, 4.69) is 5.32 Å². The molecule has 0 radical (unpaired) electrons. The molecule has 1 aromatic carbocycles. The fraction of sp³-hybridized carbons (Fsp3) is 0.105. The number of hydrogen-bond donors (Lipinski definition) is 3. The lowest BCUT2D eigenvalue weighted by Crippen LogP contribution is -2.16. The number of hydroxylamine groups is 1. The van der Waals surface area contributed by atoms with Gasteiger partial charge in [0.15, 0.2) is 0 Å². The molecule has 1 heterocycles. The van der Waals surface area contributed by atoms with Gasteiger partial charge in [-0.3, -0.25) is 10.0 Å². The van der Waals surface area contributed by atoms with E-state index >= 15 is 0 Å². The van der Waals surface area contributed by atoms with Crippen molar-refractivity contribution in [3.05, 3.63) is 77.7 Å². The molecular formula is C19H20N2O2S. The van der Waals surface area contributed by atoms with E-state index in [0.717, 1.165) is 22.7 Å². The molecule has 0 aliphatic carbocycles. The Balaban J connectivity index is 1.91. The predicted octanol–water partition coefficient (Wildman–Crippen LogP) is 4.63. The van der Waals surface area contributed by atoms with Gasteiger partial charge in [-0.2, -0.15) is 0 Å². The van der Waals surface area contributed by atoms with E-state index in [9.17, 15) is 4.79 Å². The maximum Gasteiger partial charge on any atom is 0.284 e. The van der Waals surface area contributed by atoms with Crippen molar-refractivity contribution in [2.45, 2.75) is 6.92 Å². The van der Waals surface area contributed by atoms with Gasteiger partial charge in [0, 0.05) is 17.1 Å². The summed E-state index contributed by atoms with van der Waals surface area (Å²) in [4.78, 5) is 12.8. The molecule has 0 atom stereocenters. The minimum absolute atomic E-state index is 0.478. The molecule has 124 valence electrons. The number of carbonyl (C=O) groups is 1. The fourth-order valence-corrected chi connectivity index (χ4v) is 2.89. The molecule has 2 rings (SSSR count). The smallest absolute Gasteiger partial charge is 0.284 e. The van der Waals surface area contributed by atoms with Gasteiger partial charge in [0.1, 0.15) is 0 Å². The Bertz CT molecular complexity index is 743. The maximum atomic E-state index is 11.4. The van der Waals surface area contributed by atoms with Crippen molar-refractivity contribution in [1.82, 2.24) is 5.48 Å². The summed E-state index contributed by atoms with van der Waals surface area (Å²) in [6.45, 7) is 2.73. The summed E-state index contributed by atoms with van der Waals surface area (Å²) >= 11 is 1.34. The van der Waals surface area contributed by atoms with Crippen molar-refractivity contribution in [3.8, 4) is 10.4 Å². The highest BCUT2D eigenvalue weighted by molar-refractivity contribution is 7.17. The molecule has 1 aromatic heterocycles. The minimum Gasteiger partial charge on any atom is -0.382 e. The lowest BCUT2D eigenvalue weighted by atomic mass is 10.2. The average Bonchev–Trinajstić information content (AvgIpc) is 3.11. The summed E-state index contributed by atoms with van der Waals surface area (Å²) in [5, 5.41) is 12.0. The molecule has 24 heavy (non-hydrogen) atoms. The van der Waals surface area contributed by atoms with Crippen LogP contribution in [-0.4, -0.2) is 17.7 Å². The van der Waals surface area contributed by atoms with Gasteiger partial charge < -0.3 is 5.32 Å². The number of hydrogen-bond acceptors (Lipinski definition) is 4. The molecular weight excluding hydrogens is 320 g/mol. The molecule has 0 aliphatic heterocycles. The third-order valence-electron chi connectivity index (χ3n) is 3.19. The first-order valence-corrected chi connectivity index (χ1v) is 8.39. The Morgan fingerprint density at radius 3 is 2.54 bits per heavy atom. The van der Waals surface area contributed by atoms with Crippen LogP contribution in [0, 0.1) is 0 Å². The molecule has 0 aliphatic rings. The molecule has 3 N–H and O–H groups in total. The molecule has 1 amide bonds. The molecule has 0 spiro atoms. The van der Waals surface area contributed by atoms with Gasteiger partial charge in [0.05, 0.1) is 4.88 Å². The predicted molar refractivity (Wildman–Crippen MR) is 101 cm³/mol. The molecule has 0 bridgehead atoms. The summed E-state index contributed by atoms with van der Waals surface area (Å²) in [5.41, 5.74) is 3.71. The highest BCUT2D eigenvalue weighted by atomic mass is 32.1. The van der Waals surface area contributed by atoms with Crippen molar-refractivity contribution < 1.29 is 10.0 Å². The Hall–Kier alpha value is -2.63. The number of carbonyl (C=O) groups excluding carboxylic acids is 1. The molecule has 4 nitrogen and oxygen atoms in total. The van der Waals surface area contributed by atoms with Crippen molar-refractivity contribution in [3.63, 3.8) is 0 Å². The van der Waals surface area contributed by atoms with Gasteiger partial charge >= 0.3 is 0 Å². The Morgan fingerprint density at radius 1 is 1.08 bits per heavy atom. The standard InChI is InChI=1S/C19H20N2O2S/c1-2-3-4-5-6-7-14-20-16-10-8-15(9-11-16)17-12-13-18(24-17)19(22)21-23/h2-13,20,23H,14H2,1H3,(H,21,22)/b3-2-,5-4-,7-6+. The van der Waals surface area contributed by atoms with Crippen LogP contribution >= 0.6 is 11.3 Å². The van der Waals surface area contributed by atoms with Gasteiger partial charge in [-0.1, -0.05) is 48.6 Å². The number of benzene rings is 1. The lowest BCUT2D eigenvalue weighted by molar-refractivity contribution is 0.0711. The van der Waals surface area contributed by atoms with E-state index in [4.69, 9.17) is 5.21 Å². The van der Waals surface area contributed by atoms with Crippen LogP contribution in [0.2, 0.25) is 0 Å². The van der Waals surface area contributed by atoms with E-state index in [1.54, 1.807) is 11.5 Å². The van der Waals surface area contributed by atoms with E-state index in [1.165, 1.54) is 11.3 Å². The molecule has 2 aromatic rings. The van der Waals surface area contributed by atoms with Gasteiger partial charge in [0.2, 0.25) is 0 Å². The van der Waals surface area contributed by atoms with Gasteiger partial charge in [-0.25, -0.2) is 5.48 Å². The van der Waals surface area contributed by atoms with Crippen LogP contribution in [0.25, 0.3) is 10.4 Å². The van der Waals surface area contributed by atoms with Gasteiger partial charge in [-0.15, -0.1) is 11.3 Å². The SMILES string of the molecule is C\C=C/C=C\C=C\CNc1ccc(-c2ccc(C(=O)NO)s2)cc1. The summed E-state index contributed by atoms with van der Waals surface area (Å²) in [7, 11) is 0. The van der Waals surface area contributed by atoms with Crippen molar-refractivity contribution in [1.29, 1.82) is 0 Å². The quantitative estimate of drug-likeness (QED) is 0.391. The largest absolute Gasteiger partial charge is 0.382 e. The van der Waals surface area contributed by atoms with Crippen molar-refractivity contribution in [2.75, 3.05) is 11.9 Å². The molecule has 0 fully saturated rings. The van der Waals surface area contributed by atoms with E-state index < -0.39 is 5.91 Å². The zero-order chi connectivity index (χ0) is 17.2. The monoisotopic (exact) mass is 340 g/mol. The fourth-order valence-electron chi connectivity index (χ4n) is 1.99.